The van der Waals surface area contributed by atoms with E-state index < -0.39 is 0 Å². The molecule has 0 radical (unpaired) electrons. The van der Waals surface area contributed by atoms with Crippen LogP contribution in [0.15, 0.2) is 24.3 Å². The summed E-state index contributed by atoms with van der Waals surface area (Å²) in [6.45, 7) is 2.39. The fraction of sp³-hybridized carbons (Fsp3) is 0.375. The molecule has 0 saturated carbocycles. The molecule has 2 N–H and O–H groups in total. The van der Waals surface area contributed by atoms with E-state index in [1.807, 2.05) is 24.3 Å². The van der Waals surface area contributed by atoms with Crippen LogP contribution in [-0.2, 0) is 19.4 Å². The number of nitrogens with zero attached hydrogens (tertiary/aromatic N) is 1. The van der Waals surface area contributed by atoms with Gasteiger partial charge in [0, 0.05) is 30.9 Å². The number of nitrogens with one attached hydrogen (secondary N) is 2. The molecule has 0 unspecified atom stereocenters. The van der Waals surface area contributed by atoms with Gasteiger partial charge in [-0.2, -0.15) is 0 Å². The number of fused-ring (bicyclic) bond motifs is 1. The van der Waals surface area contributed by atoms with Gasteiger partial charge < -0.3 is 15.4 Å². The molecule has 0 saturated heterocycles. The second-order valence-electron chi connectivity index (χ2n) is 5.17. The average Bonchev–Trinajstić information content (AvgIpc) is 2.84. The summed E-state index contributed by atoms with van der Waals surface area (Å²) in [5.41, 5.74) is 2.11. The van der Waals surface area contributed by atoms with Crippen LogP contribution >= 0.6 is 23.7 Å². The molecule has 0 fully saturated rings. The molecule has 1 aromatic carbocycles. The standard InChI is InChI=1S/C16H19N3O2S.ClH/c1-21-12-4-2-11(3-5-12)10-18-15(20)16-19-13-6-8-17-9-7-14(13)22-16;/h2-5,17H,6-10H2,1H3,(H,18,20);1H. The summed E-state index contributed by atoms with van der Waals surface area (Å²) < 4.78 is 5.12. The van der Waals surface area contributed by atoms with Crippen LogP contribution in [-0.4, -0.2) is 31.1 Å². The van der Waals surface area contributed by atoms with Crippen LogP contribution in [0.3, 0.4) is 0 Å². The number of aromatic nitrogens is 1. The Morgan fingerprint density at radius 2 is 2.04 bits per heavy atom. The van der Waals surface area contributed by atoms with Crippen LogP contribution in [0.2, 0.25) is 0 Å². The van der Waals surface area contributed by atoms with Crippen LogP contribution in [0, 0.1) is 0 Å². The number of carbonyl (C=O) groups excluding carboxylic acids is 1. The topological polar surface area (TPSA) is 63.2 Å². The third-order valence-corrected chi connectivity index (χ3v) is 4.81. The molecule has 3 rings (SSSR count). The van der Waals surface area contributed by atoms with Crippen LogP contribution in [0.25, 0.3) is 0 Å². The first-order chi connectivity index (χ1) is 10.8. The lowest BCUT2D eigenvalue weighted by atomic mass is 10.2. The summed E-state index contributed by atoms with van der Waals surface area (Å²) >= 11 is 1.51. The van der Waals surface area contributed by atoms with Crippen LogP contribution < -0.4 is 15.4 Å². The second kappa shape index (κ2) is 8.29. The van der Waals surface area contributed by atoms with Crippen LogP contribution in [0.5, 0.6) is 5.75 Å². The number of hydrogen-bond donors (Lipinski definition) is 2. The maximum absolute atomic E-state index is 12.2. The molecular weight excluding hydrogens is 334 g/mol. The Labute approximate surface area is 145 Å². The predicted octanol–water partition coefficient (Wildman–Crippen LogP) is 2.19. The van der Waals surface area contributed by atoms with Gasteiger partial charge in [-0.25, -0.2) is 4.98 Å². The monoisotopic (exact) mass is 353 g/mol. The average molecular weight is 354 g/mol. The first-order valence-electron chi connectivity index (χ1n) is 7.36. The van der Waals surface area contributed by atoms with Gasteiger partial charge in [-0.05, 0) is 24.1 Å². The van der Waals surface area contributed by atoms with Gasteiger partial charge in [-0.15, -0.1) is 23.7 Å². The van der Waals surface area contributed by atoms with E-state index >= 15 is 0 Å². The Hall–Kier alpha value is -1.63. The Morgan fingerprint density at radius 3 is 2.78 bits per heavy atom. The summed E-state index contributed by atoms with van der Waals surface area (Å²) in [5.74, 6) is 0.717. The van der Waals surface area contributed by atoms with Gasteiger partial charge in [0.15, 0.2) is 5.01 Å². The SMILES string of the molecule is COc1ccc(CNC(=O)c2nc3c(s2)CCNCC3)cc1.Cl. The minimum atomic E-state index is -0.0955. The van der Waals surface area contributed by atoms with Crippen molar-refractivity contribution in [2.75, 3.05) is 20.2 Å². The zero-order chi connectivity index (χ0) is 15.4. The first-order valence-corrected chi connectivity index (χ1v) is 8.18. The maximum atomic E-state index is 12.2. The van der Waals surface area contributed by atoms with Gasteiger partial charge in [0.1, 0.15) is 5.75 Å². The summed E-state index contributed by atoms with van der Waals surface area (Å²) in [4.78, 5) is 18.0. The number of methoxy groups -OCH3 is 1. The Morgan fingerprint density at radius 1 is 1.30 bits per heavy atom. The number of halogens is 1. The molecular formula is C16H20ClN3O2S. The highest BCUT2D eigenvalue weighted by atomic mass is 35.5. The third kappa shape index (κ3) is 4.43. The Kier molecular flexibility index (Phi) is 6.38. The zero-order valence-corrected chi connectivity index (χ0v) is 14.6. The minimum Gasteiger partial charge on any atom is -0.497 e. The van der Waals surface area contributed by atoms with Gasteiger partial charge >= 0.3 is 0 Å². The van der Waals surface area contributed by atoms with Crippen molar-refractivity contribution in [3.8, 4) is 5.75 Å². The number of ether oxygens (including phenoxy) is 1. The maximum Gasteiger partial charge on any atom is 0.280 e. The number of carbonyl (C=O) groups is 1. The predicted molar refractivity (Wildman–Crippen MR) is 93.8 cm³/mol. The minimum absolute atomic E-state index is 0. The van der Waals surface area contributed by atoms with Gasteiger partial charge in [0.2, 0.25) is 0 Å². The molecule has 2 aromatic rings. The molecule has 1 aliphatic rings. The van der Waals surface area contributed by atoms with Crippen molar-refractivity contribution < 1.29 is 9.53 Å². The molecule has 23 heavy (non-hydrogen) atoms. The molecule has 5 nitrogen and oxygen atoms in total. The van der Waals surface area contributed by atoms with Gasteiger partial charge in [-0.3, -0.25) is 4.79 Å². The van der Waals surface area contributed by atoms with E-state index in [1.54, 1.807) is 7.11 Å². The largest absolute Gasteiger partial charge is 0.497 e. The van der Waals surface area contributed by atoms with Crippen molar-refractivity contribution in [3.63, 3.8) is 0 Å². The van der Waals surface area contributed by atoms with E-state index in [4.69, 9.17) is 4.74 Å². The molecule has 0 aliphatic carbocycles. The van der Waals surface area contributed by atoms with E-state index in [0.717, 1.165) is 42.9 Å². The van der Waals surface area contributed by atoms with Crippen molar-refractivity contribution in [1.82, 2.24) is 15.6 Å². The molecule has 0 atom stereocenters. The summed E-state index contributed by atoms with van der Waals surface area (Å²) in [6.07, 6.45) is 1.86. The van der Waals surface area contributed by atoms with Crippen molar-refractivity contribution in [1.29, 1.82) is 0 Å². The molecule has 0 bridgehead atoms. The lowest BCUT2D eigenvalue weighted by Gasteiger charge is -2.05. The van der Waals surface area contributed by atoms with Crippen molar-refractivity contribution >= 4 is 29.7 Å². The highest BCUT2D eigenvalue weighted by molar-refractivity contribution is 7.13. The van der Waals surface area contributed by atoms with Crippen LogP contribution in [0.1, 0.15) is 25.9 Å². The lowest BCUT2D eigenvalue weighted by Crippen LogP contribution is -2.23. The molecule has 1 aromatic heterocycles. The van der Waals surface area contributed by atoms with E-state index in [2.05, 4.69) is 15.6 Å². The summed E-state index contributed by atoms with van der Waals surface area (Å²) in [7, 11) is 1.64. The van der Waals surface area contributed by atoms with Gasteiger partial charge in [0.05, 0.1) is 12.8 Å². The number of benzene rings is 1. The lowest BCUT2D eigenvalue weighted by molar-refractivity contribution is 0.0950. The number of thiazole rings is 1. The number of rotatable bonds is 4. The summed E-state index contributed by atoms with van der Waals surface area (Å²) in [6, 6.07) is 7.67. The fourth-order valence-corrected chi connectivity index (χ4v) is 3.43. The number of amides is 1. The third-order valence-electron chi connectivity index (χ3n) is 3.65. The Bertz CT molecular complexity index is 634. The molecule has 0 spiro atoms. The zero-order valence-electron chi connectivity index (χ0n) is 12.9. The van der Waals surface area contributed by atoms with Crippen LogP contribution in [0.4, 0.5) is 0 Å². The molecule has 1 aliphatic heterocycles. The highest BCUT2D eigenvalue weighted by Crippen LogP contribution is 2.21. The van der Waals surface area contributed by atoms with E-state index in [0.29, 0.717) is 11.6 Å². The molecule has 1 amide bonds. The Balaban J connectivity index is 0.00000192. The van der Waals surface area contributed by atoms with Crippen molar-refractivity contribution in [2.45, 2.75) is 19.4 Å². The molecule has 7 heteroatoms. The number of hydrogen-bond acceptors (Lipinski definition) is 5. The van der Waals surface area contributed by atoms with Gasteiger partial charge in [0.25, 0.3) is 5.91 Å². The van der Waals surface area contributed by atoms with Gasteiger partial charge in [-0.1, -0.05) is 12.1 Å². The van der Waals surface area contributed by atoms with Crippen molar-refractivity contribution in [2.24, 2.45) is 0 Å². The fourth-order valence-electron chi connectivity index (χ4n) is 2.41. The quantitative estimate of drug-likeness (QED) is 0.884. The summed E-state index contributed by atoms with van der Waals surface area (Å²) in [5, 5.41) is 6.84. The molecule has 2 heterocycles. The first kappa shape index (κ1) is 17.7. The van der Waals surface area contributed by atoms with E-state index in [-0.39, 0.29) is 18.3 Å². The molecule has 124 valence electrons. The van der Waals surface area contributed by atoms with E-state index in [9.17, 15) is 4.79 Å². The highest BCUT2D eigenvalue weighted by Gasteiger charge is 2.17. The van der Waals surface area contributed by atoms with E-state index in [1.165, 1.54) is 16.2 Å². The second-order valence-corrected chi connectivity index (χ2v) is 6.25. The normalized spacial score (nSPS) is 13.4. The smallest absolute Gasteiger partial charge is 0.280 e. The van der Waals surface area contributed by atoms with Crippen molar-refractivity contribution in [3.05, 3.63) is 45.4 Å².